The van der Waals surface area contributed by atoms with Crippen molar-refractivity contribution in [2.45, 2.75) is 45.6 Å². The molecule has 0 aliphatic heterocycles. The van der Waals surface area contributed by atoms with E-state index < -0.39 is 0 Å². The lowest BCUT2D eigenvalue weighted by molar-refractivity contribution is 0.0922. The van der Waals surface area contributed by atoms with E-state index in [1.165, 1.54) is 0 Å². The molecule has 1 aromatic rings. The van der Waals surface area contributed by atoms with Crippen molar-refractivity contribution in [2.24, 2.45) is 11.7 Å². The van der Waals surface area contributed by atoms with Crippen LogP contribution in [0.25, 0.3) is 0 Å². The van der Waals surface area contributed by atoms with E-state index in [1.807, 2.05) is 26.0 Å². The maximum Gasteiger partial charge on any atom is 0.253 e. The first-order valence-electron chi connectivity index (χ1n) is 9.55. The van der Waals surface area contributed by atoms with E-state index in [-0.39, 0.29) is 11.9 Å². The van der Waals surface area contributed by atoms with Gasteiger partial charge in [-0.25, -0.2) is 0 Å². The molecule has 0 unspecified atom stereocenters. The molecule has 28 heavy (non-hydrogen) atoms. The molecule has 0 spiro atoms. The van der Waals surface area contributed by atoms with E-state index in [0.717, 1.165) is 43.4 Å². The number of amides is 1. The van der Waals surface area contributed by atoms with Gasteiger partial charge in [0.2, 0.25) is 0 Å². The molecule has 4 N–H and O–H groups in total. The van der Waals surface area contributed by atoms with Gasteiger partial charge in [-0.1, -0.05) is 41.4 Å². The van der Waals surface area contributed by atoms with Crippen LogP contribution in [0.5, 0.6) is 0 Å². The van der Waals surface area contributed by atoms with Gasteiger partial charge in [-0.05, 0) is 75.3 Å². The van der Waals surface area contributed by atoms with Gasteiger partial charge in [0.25, 0.3) is 5.91 Å². The van der Waals surface area contributed by atoms with E-state index in [0.29, 0.717) is 27.3 Å². The Kier molecular flexibility index (Phi) is 8.46. The van der Waals surface area contributed by atoms with E-state index >= 15 is 0 Å². The molecule has 1 amide bonds. The van der Waals surface area contributed by atoms with Crippen LogP contribution in [0.15, 0.2) is 53.9 Å². The number of carbonyl (C=O) groups excluding carboxylic acids is 1. The van der Waals surface area contributed by atoms with Crippen molar-refractivity contribution in [3.8, 4) is 0 Å². The van der Waals surface area contributed by atoms with Crippen molar-refractivity contribution in [3.63, 3.8) is 0 Å². The van der Waals surface area contributed by atoms with Crippen LogP contribution in [0.2, 0.25) is 10.0 Å². The normalized spacial score (nSPS) is 20.6. The summed E-state index contributed by atoms with van der Waals surface area (Å²) in [5.41, 5.74) is 8.55. The molecular weight excluding hydrogens is 393 g/mol. The number of halogens is 2. The Labute approximate surface area is 177 Å². The molecule has 1 saturated carbocycles. The fourth-order valence-corrected chi connectivity index (χ4v) is 3.81. The number of hydrogen-bond donors (Lipinski definition) is 3. The van der Waals surface area contributed by atoms with Crippen molar-refractivity contribution in [1.29, 1.82) is 0 Å². The second-order valence-electron chi connectivity index (χ2n) is 7.53. The Balaban J connectivity index is 1.78. The zero-order chi connectivity index (χ0) is 20.7. The highest BCUT2D eigenvalue weighted by molar-refractivity contribution is 6.35. The fourth-order valence-electron chi connectivity index (χ4n) is 3.43. The fraction of sp³-hybridized carbons (Fsp3) is 0.409. The van der Waals surface area contributed by atoms with Gasteiger partial charge >= 0.3 is 0 Å². The Hall–Kier alpha value is -1.91. The predicted octanol–water partition coefficient (Wildman–Crippen LogP) is 5.19. The zero-order valence-corrected chi connectivity index (χ0v) is 18.0. The third-order valence-corrected chi connectivity index (χ3v) is 5.37. The maximum absolute atomic E-state index is 12.5. The number of allylic oxidation sites excluding steroid dienone is 4. The van der Waals surface area contributed by atoms with Gasteiger partial charge in [0.05, 0.1) is 16.4 Å². The van der Waals surface area contributed by atoms with Crippen molar-refractivity contribution in [3.05, 3.63) is 69.5 Å². The third-order valence-electron chi connectivity index (χ3n) is 4.81. The minimum absolute atomic E-state index is 0.160. The van der Waals surface area contributed by atoms with Gasteiger partial charge < -0.3 is 16.4 Å². The van der Waals surface area contributed by atoms with Gasteiger partial charge in [0.15, 0.2) is 0 Å². The second-order valence-corrected chi connectivity index (χ2v) is 8.37. The van der Waals surface area contributed by atoms with Crippen LogP contribution in [0, 0.1) is 5.92 Å². The summed E-state index contributed by atoms with van der Waals surface area (Å²) in [5, 5.41) is 7.30. The minimum atomic E-state index is -0.166. The Morgan fingerprint density at radius 1 is 1.21 bits per heavy atom. The molecule has 2 rings (SSSR count). The Bertz CT molecular complexity index is 778. The van der Waals surface area contributed by atoms with E-state index in [2.05, 4.69) is 17.2 Å². The van der Waals surface area contributed by atoms with Crippen LogP contribution in [0.3, 0.4) is 0 Å². The second kappa shape index (κ2) is 10.6. The standard InChI is InChI=1S/C22H29Cl2N3O/c1-14(2)10-15(3)11-21(25)26-13-16-4-7-18(8-5-16)27-22(28)19-12-17(23)6-9-20(19)24/h6,9-12,16,18,26H,1,4-5,7-8,13,25H2,2-3H3,(H,27,28)/b15-10-,21-11+. The maximum atomic E-state index is 12.5. The SMILES string of the molecule is C=C(C)/C=C(C)\C=C(/N)NCC1CCC(NC(=O)c2cc(Cl)ccc2Cl)CC1. The van der Waals surface area contributed by atoms with Gasteiger partial charge in [-0.15, -0.1) is 0 Å². The number of nitrogens with one attached hydrogen (secondary N) is 2. The van der Waals surface area contributed by atoms with Gasteiger partial charge in [-0.3, -0.25) is 4.79 Å². The molecule has 152 valence electrons. The summed E-state index contributed by atoms with van der Waals surface area (Å²) in [7, 11) is 0. The molecule has 0 saturated heterocycles. The highest BCUT2D eigenvalue weighted by Crippen LogP contribution is 2.25. The summed E-state index contributed by atoms with van der Waals surface area (Å²) in [5.74, 6) is 1.04. The van der Waals surface area contributed by atoms with E-state index in [9.17, 15) is 4.79 Å². The zero-order valence-electron chi connectivity index (χ0n) is 16.5. The van der Waals surface area contributed by atoms with Crippen molar-refractivity contribution >= 4 is 29.1 Å². The molecule has 0 heterocycles. The Morgan fingerprint density at radius 2 is 1.89 bits per heavy atom. The largest absolute Gasteiger partial charge is 0.386 e. The molecule has 0 aromatic heterocycles. The van der Waals surface area contributed by atoms with Crippen molar-refractivity contribution < 1.29 is 4.79 Å². The van der Waals surface area contributed by atoms with E-state index in [1.54, 1.807) is 18.2 Å². The number of rotatable bonds is 7. The van der Waals surface area contributed by atoms with Crippen molar-refractivity contribution in [1.82, 2.24) is 10.6 Å². The smallest absolute Gasteiger partial charge is 0.253 e. The molecule has 1 aliphatic rings. The quantitative estimate of drug-likeness (QED) is 0.530. The minimum Gasteiger partial charge on any atom is -0.386 e. The van der Waals surface area contributed by atoms with Crippen LogP contribution < -0.4 is 16.4 Å². The predicted molar refractivity (Wildman–Crippen MR) is 119 cm³/mol. The molecule has 6 heteroatoms. The lowest BCUT2D eigenvalue weighted by Gasteiger charge is -2.29. The highest BCUT2D eigenvalue weighted by Gasteiger charge is 2.23. The molecule has 1 fully saturated rings. The lowest BCUT2D eigenvalue weighted by Crippen LogP contribution is -2.39. The van der Waals surface area contributed by atoms with Crippen LogP contribution in [-0.4, -0.2) is 18.5 Å². The number of nitrogens with two attached hydrogens (primary N) is 1. The monoisotopic (exact) mass is 421 g/mol. The average Bonchev–Trinajstić information content (AvgIpc) is 2.62. The average molecular weight is 422 g/mol. The lowest BCUT2D eigenvalue weighted by atomic mass is 9.86. The van der Waals surface area contributed by atoms with Gasteiger partial charge in [-0.2, -0.15) is 0 Å². The molecule has 1 aromatic carbocycles. The van der Waals surface area contributed by atoms with Crippen LogP contribution in [0.1, 0.15) is 49.9 Å². The number of hydrogen-bond acceptors (Lipinski definition) is 3. The first kappa shape index (κ1) is 22.4. The topological polar surface area (TPSA) is 67.2 Å². The summed E-state index contributed by atoms with van der Waals surface area (Å²) in [6.07, 6.45) is 7.87. The molecule has 0 radical (unpaired) electrons. The van der Waals surface area contributed by atoms with Gasteiger partial charge in [0.1, 0.15) is 0 Å². The van der Waals surface area contributed by atoms with Crippen LogP contribution in [-0.2, 0) is 0 Å². The van der Waals surface area contributed by atoms with Crippen molar-refractivity contribution in [2.75, 3.05) is 6.54 Å². The summed E-state index contributed by atoms with van der Waals surface area (Å²) in [6.45, 7) is 8.66. The first-order chi connectivity index (χ1) is 13.2. The molecule has 0 atom stereocenters. The highest BCUT2D eigenvalue weighted by atomic mass is 35.5. The number of carbonyl (C=O) groups is 1. The first-order valence-corrected chi connectivity index (χ1v) is 10.3. The van der Waals surface area contributed by atoms with Crippen LogP contribution in [0.4, 0.5) is 0 Å². The number of benzene rings is 1. The third kappa shape index (κ3) is 7.25. The summed E-state index contributed by atoms with van der Waals surface area (Å²) < 4.78 is 0. The summed E-state index contributed by atoms with van der Waals surface area (Å²) in [4.78, 5) is 12.5. The molecular formula is C22H29Cl2N3O. The van der Waals surface area contributed by atoms with Crippen LogP contribution >= 0.6 is 23.2 Å². The molecule has 0 bridgehead atoms. The Morgan fingerprint density at radius 3 is 2.54 bits per heavy atom. The molecule has 1 aliphatic carbocycles. The van der Waals surface area contributed by atoms with E-state index in [4.69, 9.17) is 28.9 Å². The summed E-state index contributed by atoms with van der Waals surface area (Å²) >= 11 is 12.1. The summed E-state index contributed by atoms with van der Waals surface area (Å²) in [6, 6.07) is 5.09. The molecule has 4 nitrogen and oxygen atoms in total. The van der Waals surface area contributed by atoms with Gasteiger partial charge in [0, 0.05) is 17.6 Å².